The number of anilines is 1. The predicted molar refractivity (Wildman–Crippen MR) is 129 cm³/mol. The van der Waals surface area contributed by atoms with Crippen molar-refractivity contribution in [1.29, 1.82) is 0 Å². The summed E-state index contributed by atoms with van der Waals surface area (Å²) in [7, 11) is 2.04. The van der Waals surface area contributed by atoms with Crippen LogP contribution in [-0.2, 0) is 32.7 Å². The van der Waals surface area contributed by atoms with E-state index in [4.69, 9.17) is 5.73 Å². The molecule has 0 aliphatic carbocycles. The van der Waals surface area contributed by atoms with Gasteiger partial charge in [0.1, 0.15) is 5.82 Å². The lowest BCUT2D eigenvalue weighted by atomic mass is 9.99. The van der Waals surface area contributed by atoms with E-state index >= 15 is 0 Å². The molecule has 1 aromatic heterocycles. The van der Waals surface area contributed by atoms with Crippen molar-refractivity contribution < 1.29 is 13.2 Å². The summed E-state index contributed by atoms with van der Waals surface area (Å²) in [6.07, 6.45) is 0.655. The fraction of sp³-hybridized carbons (Fsp3) is 0.222. The molecule has 0 amide bonds. The number of imidazole rings is 1. The lowest BCUT2D eigenvalue weighted by Crippen LogP contribution is -2.31. The van der Waals surface area contributed by atoms with Crippen LogP contribution in [0.3, 0.4) is 0 Å². The van der Waals surface area contributed by atoms with Gasteiger partial charge in [-0.1, -0.05) is 48.5 Å². The minimum atomic E-state index is -4.27. The SMILES string of the molecule is Cn1ccnc1CN1CCc2cc(N)ccc2C1.FC(F)(F)c1ccc(-c2ccccc2)cc1. The van der Waals surface area contributed by atoms with Crippen molar-refractivity contribution in [2.45, 2.75) is 25.7 Å². The summed E-state index contributed by atoms with van der Waals surface area (Å²) in [5.74, 6) is 1.12. The van der Waals surface area contributed by atoms with Crippen molar-refractivity contribution in [2.75, 3.05) is 12.3 Å². The van der Waals surface area contributed by atoms with Gasteiger partial charge in [-0.25, -0.2) is 4.98 Å². The monoisotopic (exact) mass is 464 g/mol. The second kappa shape index (κ2) is 10.1. The fourth-order valence-electron chi connectivity index (χ4n) is 4.00. The van der Waals surface area contributed by atoms with E-state index in [-0.39, 0.29) is 0 Å². The molecular formula is C27H27F3N4. The standard InChI is InChI=1S/C14H18N4.C13H9F3/c1-17-7-5-16-14(17)10-18-6-4-11-8-13(15)3-2-12(11)9-18;14-13(15,16)12-8-6-11(7-9-12)10-4-2-1-3-5-10/h2-3,5,7-8H,4,6,9-10,15H2,1H3;1-9H. The number of nitrogens with two attached hydrogens (primary N) is 1. The molecule has 4 nitrogen and oxygen atoms in total. The van der Waals surface area contributed by atoms with Gasteiger partial charge in [-0.2, -0.15) is 13.2 Å². The van der Waals surface area contributed by atoms with Crippen molar-refractivity contribution >= 4 is 5.69 Å². The number of aryl methyl sites for hydroxylation is 1. The van der Waals surface area contributed by atoms with Gasteiger partial charge >= 0.3 is 6.18 Å². The molecule has 0 unspecified atom stereocenters. The summed E-state index contributed by atoms with van der Waals surface area (Å²) in [6, 6.07) is 20.7. The number of halogens is 3. The molecule has 2 N–H and O–H groups in total. The van der Waals surface area contributed by atoms with E-state index < -0.39 is 11.7 Å². The first-order valence-corrected chi connectivity index (χ1v) is 11.1. The zero-order valence-corrected chi connectivity index (χ0v) is 19.0. The molecule has 0 bridgehead atoms. The first-order chi connectivity index (χ1) is 16.3. The number of fused-ring (bicyclic) bond motifs is 1. The average molecular weight is 465 g/mol. The highest BCUT2D eigenvalue weighted by Gasteiger charge is 2.29. The second-order valence-electron chi connectivity index (χ2n) is 8.38. The summed E-state index contributed by atoms with van der Waals surface area (Å²) in [6.45, 7) is 2.97. The Bertz CT molecular complexity index is 1210. The zero-order chi connectivity index (χ0) is 24.1. The van der Waals surface area contributed by atoms with Crippen LogP contribution in [0.2, 0.25) is 0 Å². The van der Waals surface area contributed by atoms with Crippen LogP contribution >= 0.6 is 0 Å². The Morgan fingerprint density at radius 1 is 0.912 bits per heavy atom. The topological polar surface area (TPSA) is 47.1 Å². The van der Waals surface area contributed by atoms with Crippen LogP contribution in [-0.4, -0.2) is 21.0 Å². The maximum atomic E-state index is 12.3. The van der Waals surface area contributed by atoms with Crippen molar-refractivity contribution in [3.05, 3.63) is 108 Å². The average Bonchev–Trinajstić information content (AvgIpc) is 3.24. The van der Waals surface area contributed by atoms with Crippen LogP contribution in [0, 0.1) is 0 Å². The van der Waals surface area contributed by atoms with E-state index in [2.05, 4.69) is 26.6 Å². The number of hydrogen-bond acceptors (Lipinski definition) is 3. The predicted octanol–water partition coefficient (Wildman–Crippen LogP) is 5.93. The van der Waals surface area contributed by atoms with E-state index in [9.17, 15) is 13.2 Å². The van der Waals surface area contributed by atoms with Gasteiger partial charge in [0.2, 0.25) is 0 Å². The highest BCUT2D eigenvalue weighted by molar-refractivity contribution is 5.63. The molecule has 3 aromatic carbocycles. The highest BCUT2D eigenvalue weighted by Crippen LogP contribution is 2.30. The van der Waals surface area contributed by atoms with Gasteiger partial charge in [0.25, 0.3) is 0 Å². The first kappa shape index (κ1) is 23.6. The number of rotatable bonds is 3. The van der Waals surface area contributed by atoms with Crippen LogP contribution in [0.5, 0.6) is 0 Å². The molecule has 1 aliphatic rings. The number of alkyl halides is 3. The van der Waals surface area contributed by atoms with Crippen LogP contribution < -0.4 is 5.73 Å². The van der Waals surface area contributed by atoms with Gasteiger partial charge in [-0.3, -0.25) is 4.90 Å². The normalized spacial score (nSPS) is 13.6. The molecule has 2 heterocycles. The van der Waals surface area contributed by atoms with Gasteiger partial charge < -0.3 is 10.3 Å². The number of nitrogen functional groups attached to an aromatic ring is 1. The molecule has 0 saturated heterocycles. The Labute approximate surface area is 197 Å². The smallest absolute Gasteiger partial charge is 0.399 e. The first-order valence-electron chi connectivity index (χ1n) is 11.1. The fourth-order valence-corrected chi connectivity index (χ4v) is 4.00. The van der Waals surface area contributed by atoms with Crippen LogP contribution in [0.25, 0.3) is 11.1 Å². The minimum absolute atomic E-state index is 0.618. The molecule has 4 aromatic rings. The van der Waals surface area contributed by atoms with E-state index in [0.29, 0.717) is 0 Å². The minimum Gasteiger partial charge on any atom is -0.399 e. The Morgan fingerprint density at radius 2 is 1.62 bits per heavy atom. The van der Waals surface area contributed by atoms with Gasteiger partial charge in [0.05, 0.1) is 12.1 Å². The third-order valence-corrected chi connectivity index (χ3v) is 5.93. The molecule has 0 atom stereocenters. The molecule has 7 heteroatoms. The van der Waals surface area contributed by atoms with Crippen molar-refractivity contribution in [2.24, 2.45) is 7.05 Å². The number of nitrogens with zero attached hydrogens (tertiary/aromatic N) is 3. The summed E-state index contributed by atoms with van der Waals surface area (Å²) >= 11 is 0. The lowest BCUT2D eigenvalue weighted by Gasteiger charge is -2.28. The molecule has 0 spiro atoms. The van der Waals surface area contributed by atoms with Crippen molar-refractivity contribution in [3.8, 4) is 11.1 Å². The molecule has 176 valence electrons. The van der Waals surface area contributed by atoms with E-state index in [0.717, 1.165) is 60.8 Å². The molecule has 0 saturated carbocycles. The van der Waals surface area contributed by atoms with Gasteiger partial charge in [0.15, 0.2) is 0 Å². The maximum absolute atomic E-state index is 12.3. The van der Waals surface area contributed by atoms with Gasteiger partial charge in [0, 0.05) is 38.2 Å². The van der Waals surface area contributed by atoms with Gasteiger partial charge in [-0.05, 0) is 52.9 Å². The van der Waals surface area contributed by atoms with E-state index in [1.54, 1.807) is 0 Å². The highest BCUT2D eigenvalue weighted by atomic mass is 19.4. The summed E-state index contributed by atoms with van der Waals surface area (Å²) in [4.78, 5) is 6.81. The Balaban J connectivity index is 0.000000162. The third-order valence-electron chi connectivity index (χ3n) is 5.93. The lowest BCUT2D eigenvalue weighted by molar-refractivity contribution is -0.137. The molecule has 1 aliphatic heterocycles. The van der Waals surface area contributed by atoms with Crippen molar-refractivity contribution in [3.63, 3.8) is 0 Å². The molecule has 34 heavy (non-hydrogen) atoms. The number of hydrogen-bond donors (Lipinski definition) is 1. The van der Waals surface area contributed by atoms with Crippen LogP contribution in [0.1, 0.15) is 22.5 Å². The number of aromatic nitrogens is 2. The van der Waals surface area contributed by atoms with E-state index in [1.807, 2.05) is 55.8 Å². The zero-order valence-electron chi connectivity index (χ0n) is 19.0. The Hall–Kier alpha value is -3.58. The Morgan fingerprint density at radius 3 is 2.26 bits per heavy atom. The summed E-state index contributed by atoms with van der Waals surface area (Å²) in [5.41, 5.74) is 10.6. The number of benzene rings is 3. The van der Waals surface area contributed by atoms with Crippen LogP contribution in [0.15, 0.2) is 85.2 Å². The van der Waals surface area contributed by atoms with Gasteiger partial charge in [-0.15, -0.1) is 0 Å². The quantitative estimate of drug-likeness (QED) is 0.382. The second-order valence-corrected chi connectivity index (χ2v) is 8.38. The summed E-state index contributed by atoms with van der Waals surface area (Å²) < 4.78 is 39.0. The van der Waals surface area contributed by atoms with Crippen LogP contribution in [0.4, 0.5) is 18.9 Å². The Kier molecular flexibility index (Phi) is 7.03. The molecule has 0 radical (unpaired) electrons. The van der Waals surface area contributed by atoms with E-state index in [1.165, 1.54) is 23.3 Å². The molecule has 0 fully saturated rings. The maximum Gasteiger partial charge on any atom is 0.416 e. The largest absolute Gasteiger partial charge is 0.416 e. The molecular weight excluding hydrogens is 437 g/mol. The molecule has 5 rings (SSSR count). The summed E-state index contributed by atoms with van der Waals surface area (Å²) in [5, 5.41) is 0. The third kappa shape index (κ3) is 5.85. The van der Waals surface area contributed by atoms with Crippen molar-refractivity contribution in [1.82, 2.24) is 14.5 Å².